The van der Waals surface area contributed by atoms with Gasteiger partial charge in [0.15, 0.2) is 0 Å². The van der Waals surface area contributed by atoms with Crippen LogP contribution in [-0.2, 0) is 11.8 Å². The number of rotatable bonds is 5. The molecule has 2 nitrogen and oxygen atoms in total. The van der Waals surface area contributed by atoms with E-state index in [0.29, 0.717) is 0 Å². The minimum Gasteiger partial charge on any atom is -0.456 e. The van der Waals surface area contributed by atoms with Crippen LogP contribution in [0.25, 0.3) is 77.4 Å². The zero-order chi connectivity index (χ0) is 34.1. The van der Waals surface area contributed by atoms with E-state index >= 15 is 0 Å². The van der Waals surface area contributed by atoms with E-state index < -0.39 is 0 Å². The number of nitrogens with zero attached hydrogens (tertiary/aromatic N) is 1. The smallest absolute Gasteiger partial charge is 0.135 e. The molecule has 51 heavy (non-hydrogen) atoms. The van der Waals surface area contributed by atoms with Gasteiger partial charge in [-0.1, -0.05) is 135 Å². The summed E-state index contributed by atoms with van der Waals surface area (Å²) >= 11 is 0. The molecule has 0 unspecified atom stereocenters. The van der Waals surface area contributed by atoms with Crippen LogP contribution in [0.15, 0.2) is 162 Å². The number of para-hydroxylation sites is 1. The van der Waals surface area contributed by atoms with Gasteiger partial charge >= 0.3 is 0 Å². The maximum Gasteiger partial charge on any atom is 0.135 e. The van der Waals surface area contributed by atoms with E-state index in [0.717, 1.165) is 33.9 Å². The first-order chi connectivity index (χ1) is 25.0. The Bertz CT molecular complexity index is 2850. The lowest BCUT2D eigenvalue weighted by Gasteiger charge is -2.23. The summed E-state index contributed by atoms with van der Waals surface area (Å²) in [4.78, 5) is 4.46. The molecule has 0 N–H and O–H groups in total. The van der Waals surface area contributed by atoms with Gasteiger partial charge in [-0.05, 0) is 108 Å². The molecule has 10 rings (SSSR count). The van der Waals surface area contributed by atoms with E-state index in [1.54, 1.807) is 0 Å². The molecule has 0 saturated heterocycles. The van der Waals surface area contributed by atoms with Gasteiger partial charge in [0.25, 0.3) is 0 Å². The lowest BCUT2D eigenvalue weighted by atomic mass is 9.80. The van der Waals surface area contributed by atoms with Gasteiger partial charge in [0, 0.05) is 34.1 Å². The summed E-state index contributed by atoms with van der Waals surface area (Å²) in [6.45, 7) is 4.75. The van der Waals surface area contributed by atoms with Crippen LogP contribution >= 0.6 is 0 Å². The average Bonchev–Trinajstić information content (AvgIpc) is 3.65. The minimum atomic E-state index is -0.178. The molecule has 1 aliphatic rings. The summed E-state index contributed by atoms with van der Waals surface area (Å²) in [5.74, 6) is 0. The standard InChI is InChI=1S/C49H35NO/c1-49(2)44-27-32(18-21-41(44)48-40-15-6-5-13-38(40)42(29-45(48)49)36-12-9-23-50-30-36)26-37(25-31-17-19-33-10-3-4-11-34(33)24-31)35-20-22-47-43(28-35)39-14-7-8-16-46(39)51-47/h3-24,26-30H,25H2,1-2H3/b37-26-. The summed E-state index contributed by atoms with van der Waals surface area (Å²) in [7, 11) is 0. The van der Waals surface area contributed by atoms with Crippen LogP contribution in [0.5, 0.6) is 0 Å². The lowest BCUT2D eigenvalue weighted by Crippen LogP contribution is -2.15. The van der Waals surface area contributed by atoms with Gasteiger partial charge in [-0.2, -0.15) is 0 Å². The highest BCUT2D eigenvalue weighted by atomic mass is 16.3. The van der Waals surface area contributed by atoms with Crippen molar-refractivity contribution < 1.29 is 4.42 Å². The molecule has 2 aromatic heterocycles. The van der Waals surface area contributed by atoms with E-state index in [9.17, 15) is 0 Å². The highest BCUT2D eigenvalue weighted by Gasteiger charge is 2.37. The summed E-state index contributed by atoms with van der Waals surface area (Å²) in [6, 6.07) is 53.0. The van der Waals surface area contributed by atoms with Crippen LogP contribution in [0.2, 0.25) is 0 Å². The largest absolute Gasteiger partial charge is 0.456 e. The fourth-order valence-corrected chi connectivity index (χ4v) is 8.38. The molecule has 0 bridgehead atoms. The van der Waals surface area contributed by atoms with Crippen molar-refractivity contribution in [2.24, 2.45) is 0 Å². The maximum absolute atomic E-state index is 6.22. The van der Waals surface area contributed by atoms with Gasteiger partial charge in [-0.15, -0.1) is 0 Å². The zero-order valence-electron chi connectivity index (χ0n) is 28.7. The third kappa shape index (κ3) is 4.82. The molecule has 0 atom stereocenters. The number of hydrogen-bond donors (Lipinski definition) is 0. The van der Waals surface area contributed by atoms with Crippen LogP contribution in [-0.4, -0.2) is 4.98 Å². The van der Waals surface area contributed by atoms with Crippen LogP contribution in [0.4, 0.5) is 0 Å². The topological polar surface area (TPSA) is 26.0 Å². The van der Waals surface area contributed by atoms with Crippen LogP contribution < -0.4 is 0 Å². The van der Waals surface area contributed by atoms with E-state index in [4.69, 9.17) is 4.42 Å². The maximum atomic E-state index is 6.22. The zero-order valence-corrected chi connectivity index (χ0v) is 28.7. The first kappa shape index (κ1) is 29.6. The van der Waals surface area contributed by atoms with Gasteiger partial charge in [-0.25, -0.2) is 0 Å². The van der Waals surface area contributed by atoms with Gasteiger partial charge in [0.05, 0.1) is 0 Å². The molecule has 0 radical (unpaired) electrons. The molecule has 0 fully saturated rings. The second-order valence-electron chi connectivity index (χ2n) is 14.4. The van der Waals surface area contributed by atoms with Crippen LogP contribution in [0.1, 0.15) is 41.7 Å². The molecule has 2 heteroatoms. The van der Waals surface area contributed by atoms with E-state index in [-0.39, 0.29) is 5.41 Å². The monoisotopic (exact) mass is 653 g/mol. The quantitative estimate of drug-likeness (QED) is 0.173. The molecule has 0 aliphatic heterocycles. The van der Waals surface area contributed by atoms with Gasteiger partial charge in [0.2, 0.25) is 0 Å². The highest BCUT2D eigenvalue weighted by molar-refractivity contribution is 6.09. The lowest BCUT2D eigenvalue weighted by molar-refractivity contribution is 0.661. The summed E-state index contributed by atoms with van der Waals surface area (Å²) in [5, 5.41) is 7.38. The SMILES string of the molecule is CC1(C)c2cc(/C=C(/Cc3ccc4ccccc4c3)c3ccc4oc5ccccc5c4c3)ccc2-c2c1cc(-c1cccnc1)c1ccccc21. The van der Waals surface area contributed by atoms with Crippen LogP contribution in [0.3, 0.4) is 0 Å². The molecule has 0 spiro atoms. The number of hydrogen-bond acceptors (Lipinski definition) is 2. The first-order valence-electron chi connectivity index (χ1n) is 17.7. The van der Waals surface area contributed by atoms with Gasteiger partial charge in [0.1, 0.15) is 11.2 Å². The Labute approximate surface area is 297 Å². The Morgan fingerprint density at radius 3 is 2.25 bits per heavy atom. The number of pyridine rings is 1. The molecule has 2 heterocycles. The summed E-state index contributed by atoms with van der Waals surface area (Å²) in [5.41, 5.74) is 14.4. The first-order valence-corrected chi connectivity index (χ1v) is 17.7. The summed E-state index contributed by atoms with van der Waals surface area (Å²) < 4.78 is 6.22. The predicted molar refractivity (Wildman–Crippen MR) is 214 cm³/mol. The highest BCUT2D eigenvalue weighted by Crippen LogP contribution is 2.53. The Morgan fingerprint density at radius 1 is 0.608 bits per heavy atom. The fraction of sp³-hybridized carbons (Fsp3) is 0.0816. The van der Waals surface area contributed by atoms with Crippen molar-refractivity contribution >= 4 is 55.1 Å². The molecule has 1 aliphatic carbocycles. The number of fused-ring (bicyclic) bond motifs is 9. The van der Waals surface area contributed by atoms with Crippen molar-refractivity contribution in [3.63, 3.8) is 0 Å². The minimum absolute atomic E-state index is 0.178. The number of benzene rings is 7. The second-order valence-corrected chi connectivity index (χ2v) is 14.4. The molecule has 0 saturated carbocycles. The Kier molecular flexibility index (Phi) is 6.63. The molecule has 9 aromatic rings. The molecule has 0 amide bonds. The number of aromatic nitrogens is 1. The normalized spacial score (nSPS) is 13.6. The second kappa shape index (κ2) is 11.4. The van der Waals surface area contributed by atoms with E-state index in [2.05, 4.69) is 152 Å². The van der Waals surface area contributed by atoms with E-state index in [1.807, 2.05) is 30.6 Å². The predicted octanol–water partition coefficient (Wildman–Crippen LogP) is 13.0. The van der Waals surface area contributed by atoms with Crippen LogP contribution in [0, 0.1) is 0 Å². The molecular formula is C49H35NO. The fourth-order valence-electron chi connectivity index (χ4n) is 8.38. The van der Waals surface area contributed by atoms with E-state index in [1.165, 1.54) is 71.6 Å². The van der Waals surface area contributed by atoms with Crippen molar-refractivity contribution in [1.29, 1.82) is 0 Å². The van der Waals surface area contributed by atoms with Crippen molar-refractivity contribution in [1.82, 2.24) is 4.98 Å². The molecule has 242 valence electrons. The van der Waals surface area contributed by atoms with Gasteiger partial charge < -0.3 is 4.42 Å². The van der Waals surface area contributed by atoms with Crippen molar-refractivity contribution in [2.75, 3.05) is 0 Å². The number of allylic oxidation sites excluding steroid dienone is 1. The third-order valence-corrected chi connectivity index (χ3v) is 11.0. The molecular weight excluding hydrogens is 619 g/mol. The number of furan rings is 1. The van der Waals surface area contributed by atoms with Gasteiger partial charge in [-0.3, -0.25) is 4.98 Å². The summed E-state index contributed by atoms with van der Waals surface area (Å²) in [6.07, 6.45) is 7.04. The third-order valence-electron chi connectivity index (χ3n) is 11.0. The van der Waals surface area contributed by atoms with Crippen molar-refractivity contribution in [3.8, 4) is 22.3 Å². The molecule has 7 aromatic carbocycles. The Morgan fingerprint density at radius 2 is 1.39 bits per heavy atom. The van der Waals surface area contributed by atoms with Crippen molar-refractivity contribution in [2.45, 2.75) is 25.7 Å². The Balaban J connectivity index is 1.13. The average molecular weight is 654 g/mol. The Hall–Kier alpha value is -6.25. The van der Waals surface area contributed by atoms with Crippen molar-refractivity contribution in [3.05, 3.63) is 186 Å².